The Morgan fingerprint density at radius 3 is 2.53 bits per heavy atom. The number of amides is 2. The Kier molecular flexibility index (Phi) is 6.65. The van der Waals surface area contributed by atoms with Gasteiger partial charge < -0.3 is 20.1 Å². The van der Waals surface area contributed by atoms with Gasteiger partial charge in [0, 0.05) is 25.8 Å². The number of hydrogen-bond donors (Lipinski definition) is 2. The van der Waals surface area contributed by atoms with Crippen LogP contribution >= 0.6 is 11.8 Å². The summed E-state index contributed by atoms with van der Waals surface area (Å²) in [7, 11) is 0. The Morgan fingerprint density at radius 1 is 1.37 bits per heavy atom. The number of hydrogen-bond acceptors (Lipinski definition) is 5. The molecule has 1 fully saturated rings. The van der Waals surface area contributed by atoms with Crippen molar-refractivity contribution in [2.75, 3.05) is 37.8 Å². The van der Waals surface area contributed by atoms with Crippen molar-refractivity contribution in [2.45, 2.75) is 13.0 Å². The molecule has 1 rings (SSSR count). The van der Waals surface area contributed by atoms with E-state index >= 15 is 0 Å². The molecule has 0 spiro atoms. The molecule has 2 N–H and O–H groups in total. The van der Waals surface area contributed by atoms with E-state index in [-0.39, 0.29) is 17.4 Å². The summed E-state index contributed by atoms with van der Waals surface area (Å²) in [6.45, 7) is 3.50. The summed E-state index contributed by atoms with van der Waals surface area (Å²) in [5.41, 5.74) is 0. The zero-order chi connectivity index (χ0) is 14.3. The Hall–Kier alpha value is -1.28. The standard InChI is InChI=1S/C11H18N2O5S/c1-8(14)12-9(11(16)17)6-19-7-10(15)13-2-4-18-5-3-13/h9H,2-7H2,1H3,(H,12,14)(H,16,17). The Bertz CT molecular complexity index is 344. The average molecular weight is 290 g/mol. The monoisotopic (exact) mass is 290 g/mol. The average Bonchev–Trinajstić information content (AvgIpc) is 2.37. The third-order valence-electron chi connectivity index (χ3n) is 2.55. The number of carbonyl (C=O) groups is 3. The van der Waals surface area contributed by atoms with Crippen LogP contribution in [-0.2, 0) is 19.1 Å². The number of nitrogens with zero attached hydrogens (tertiary/aromatic N) is 1. The second-order valence-corrected chi connectivity index (χ2v) is 5.13. The SMILES string of the molecule is CC(=O)NC(CSCC(=O)N1CCOCC1)C(=O)O. The molecule has 1 aliphatic rings. The van der Waals surface area contributed by atoms with Crippen LogP contribution in [-0.4, -0.2) is 71.6 Å². The van der Waals surface area contributed by atoms with Gasteiger partial charge in [-0.05, 0) is 0 Å². The fraction of sp³-hybridized carbons (Fsp3) is 0.727. The molecule has 0 bridgehead atoms. The number of nitrogens with one attached hydrogen (secondary N) is 1. The summed E-state index contributed by atoms with van der Waals surface area (Å²) in [6, 6.07) is -0.958. The number of thioether (sulfide) groups is 1. The van der Waals surface area contributed by atoms with Crippen molar-refractivity contribution in [1.82, 2.24) is 10.2 Å². The molecule has 0 aromatic rings. The minimum Gasteiger partial charge on any atom is -0.480 e. The van der Waals surface area contributed by atoms with Gasteiger partial charge in [-0.1, -0.05) is 0 Å². The molecule has 0 aliphatic carbocycles. The number of carboxylic acids is 1. The zero-order valence-electron chi connectivity index (χ0n) is 10.8. The van der Waals surface area contributed by atoms with Crippen LogP contribution in [0, 0.1) is 0 Å². The van der Waals surface area contributed by atoms with Crippen molar-refractivity contribution in [3.05, 3.63) is 0 Å². The van der Waals surface area contributed by atoms with Gasteiger partial charge in [0.15, 0.2) is 0 Å². The number of aliphatic carboxylic acids is 1. The maximum Gasteiger partial charge on any atom is 0.327 e. The maximum atomic E-state index is 11.8. The number of rotatable bonds is 6. The largest absolute Gasteiger partial charge is 0.480 e. The van der Waals surface area contributed by atoms with Crippen molar-refractivity contribution in [3.63, 3.8) is 0 Å². The molecule has 0 aromatic heterocycles. The van der Waals surface area contributed by atoms with Gasteiger partial charge in [0.1, 0.15) is 6.04 Å². The van der Waals surface area contributed by atoms with Crippen molar-refractivity contribution in [3.8, 4) is 0 Å². The molecule has 1 atom stereocenters. The summed E-state index contributed by atoms with van der Waals surface area (Å²) < 4.78 is 5.14. The molecule has 1 unspecified atom stereocenters. The summed E-state index contributed by atoms with van der Waals surface area (Å²) in [4.78, 5) is 35.2. The van der Waals surface area contributed by atoms with E-state index < -0.39 is 17.9 Å². The highest BCUT2D eigenvalue weighted by molar-refractivity contribution is 8.00. The topological polar surface area (TPSA) is 95.9 Å². The molecule has 19 heavy (non-hydrogen) atoms. The van der Waals surface area contributed by atoms with Gasteiger partial charge in [0.05, 0.1) is 19.0 Å². The Labute approximate surface area is 115 Å². The Morgan fingerprint density at radius 2 is 2.00 bits per heavy atom. The van der Waals surface area contributed by atoms with E-state index in [9.17, 15) is 14.4 Å². The summed E-state index contributed by atoms with van der Waals surface area (Å²) in [6.07, 6.45) is 0. The molecule has 7 nitrogen and oxygen atoms in total. The highest BCUT2D eigenvalue weighted by Gasteiger charge is 2.21. The van der Waals surface area contributed by atoms with E-state index in [0.29, 0.717) is 26.3 Å². The molecule has 2 amide bonds. The van der Waals surface area contributed by atoms with E-state index in [1.807, 2.05) is 0 Å². The van der Waals surface area contributed by atoms with Crippen molar-refractivity contribution in [1.29, 1.82) is 0 Å². The van der Waals surface area contributed by atoms with E-state index in [2.05, 4.69) is 5.32 Å². The normalized spacial score (nSPS) is 16.8. The molecule has 1 aliphatic heterocycles. The minimum absolute atomic E-state index is 0.0275. The lowest BCUT2D eigenvalue weighted by molar-refractivity contribution is -0.140. The van der Waals surface area contributed by atoms with Gasteiger partial charge in [-0.25, -0.2) is 4.79 Å². The predicted molar refractivity (Wildman–Crippen MR) is 70.0 cm³/mol. The van der Waals surface area contributed by atoms with E-state index in [1.165, 1.54) is 18.7 Å². The second kappa shape index (κ2) is 8.00. The number of ether oxygens (including phenoxy) is 1. The maximum absolute atomic E-state index is 11.8. The second-order valence-electron chi connectivity index (χ2n) is 4.10. The highest BCUT2D eigenvalue weighted by atomic mass is 32.2. The lowest BCUT2D eigenvalue weighted by atomic mass is 10.3. The van der Waals surface area contributed by atoms with Crippen LogP contribution < -0.4 is 5.32 Å². The molecule has 0 aromatic carbocycles. The van der Waals surface area contributed by atoms with Crippen LogP contribution in [0.4, 0.5) is 0 Å². The third kappa shape index (κ3) is 5.93. The summed E-state index contributed by atoms with van der Waals surface area (Å²) in [5, 5.41) is 11.2. The van der Waals surface area contributed by atoms with Crippen LogP contribution in [0.2, 0.25) is 0 Å². The van der Waals surface area contributed by atoms with Gasteiger partial charge in [-0.2, -0.15) is 0 Å². The smallest absolute Gasteiger partial charge is 0.327 e. The molecule has 1 heterocycles. The molecule has 0 saturated carbocycles. The van der Waals surface area contributed by atoms with E-state index in [1.54, 1.807) is 4.90 Å². The lowest BCUT2D eigenvalue weighted by Gasteiger charge is -2.26. The van der Waals surface area contributed by atoms with Gasteiger partial charge in [-0.15, -0.1) is 11.8 Å². The first-order valence-corrected chi connectivity index (χ1v) is 7.09. The van der Waals surface area contributed by atoms with Crippen LogP contribution in [0.3, 0.4) is 0 Å². The van der Waals surface area contributed by atoms with Gasteiger partial charge >= 0.3 is 5.97 Å². The predicted octanol–water partition coefficient (Wildman–Crippen LogP) is -0.832. The van der Waals surface area contributed by atoms with Gasteiger partial charge in [0.2, 0.25) is 11.8 Å². The highest BCUT2D eigenvalue weighted by Crippen LogP contribution is 2.07. The quantitative estimate of drug-likeness (QED) is 0.663. The first kappa shape index (κ1) is 15.8. The fourth-order valence-electron chi connectivity index (χ4n) is 1.59. The molecule has 108 valence electrons. The van der Waals surface area contributed by atoms with Crippen molar-refractivity contribution < 1.29 is 24.2 Å². The third-order valence-corrected chi connectivity index (χ3v) is 3.57. The van der Waals surface area contributed by atoms with Crippen LogP contribution in [0.1, 0.15) is 6.92 Å². The number of carbonyl (C=O) groups excluding carboxylic acids is 2. The first-order valence-electron chi connectivity index (χ1n) is 5.94. The molecule has 1 saturated heterocycles. The molecular formula is C11H18N2O5S. The summed E-state index contributed by atoms with van der Waals surface area (Å²) in [5.74, 6) is -1.14. The molecule has 0 radical (unpaired) electrons. The minimum atomic E-state index is -1.10. The van der Waals surface area contributed by atoms with Crippen LogP contribution in [0.5, 0.6) is 0 Å². The first-order chi connectivity index (χ1) is 9.00. The van der Waals surface area contributed by atoms with Crippen molar-refractivity contribution in [2.24, 2.45) is 0 Å². The molecule has 8 heteroatoms. The number of morpholine rings is 1. The van der Waals surface area contributed by atoms with Gasteiger partial charge in [-0.3, -0.25) is 9.59 Å². The van der Waals surface area contributed by atoms with Crippen LogP contribution in [0.15, 0.2) is 0 Å². The zero-order valence-corrected chi connectivity index (χ0v) is 11.6. The lowest BCUT2D eigenvalue weighted by Crippen LogP contribution is -2.43. The molecular weight excluding hydrogens is 272 g/mol. The van der Waals surface area contributed by atoms with Crippen molar-refractivity contribution >= 4 is 29.5 Å². The fourth-order valence-corrected chi connectivity index (χ4v) is 2.52. The Balaban J connectivity index is 2.28. The van der Waals surface area contributed by atoms with E-state index in [4.69, 9.17) is 9.84 Å². The van der Waals surface area contributed by atoms with E-state index in [0.717, 1.165) is 0 Å². The van der Waals surface area contributed by atoms with Gasteiger partial charge in [0.25, 0.3) is 0 Å². The summed E-state index contributed by atoms with van der Waals surface area (Å²) >= 11 is 1.21. The van der Waals surface area contributed by atoms with Crippen LogP contribution in [0.25, 0.3) is 0 Å². The number of carboxylic acid groups (broad SMARTS) is 1.